The molecule has 1 rings (SSSR count). The topological polar surface area (TPSA) is 24.1 Å². The Labute approximate surface area is 114 Å². The van der Waals surface area contributed by atoms with Crippen LogP contribution in [0.5, 0.6) is 0 Å². The molecule has 1 aromatic rings. The maximum Gasteiger partial charge on any atom is 0.162 e. The first-order valence-electron chi connectivity index (χ1n) is 6.87. The van der Waals surface area contributed by atoms with Crippen molar-refractivity contribution in [3.05, 3.63) is 35.4 Å². The van der Waals surface area contributed by atoms with E-state index in [1.807, 2.05) is 0 Å². The van der Waals surface area contributed by atoms with Gasteiger partial charge in [0.25, 0.3) is 0 Å². The molecule has 0 fully saturated rings. The molecule has 19 heavy (non-hydrogen) atoms. The van der Waals surface area contributed by atoms with Crippen LogP contribution in [0.4, 0.5) is 8.78 Å². The molecule has 108 valence electrons. The van der Waals surface area contributed by atoms with E-state index in [1.165, 1.54) is 0 Å². The molecule has 0 amide bonds. The van der Waals surface area contributed by atoms with E-state index in [1.54, 1.807) is 12.1 Å². The number of hydrogen-bond donors (Lipinski definition) is 2. The predicted molar refractivity (Wildman–Crippen MR) is 75.2 cm³/mol. The van der Waals surface area contributed by atoms with Crippen molar-refractivity contribution < 1.29 is 8.78 Å². The molecule has 0 heterocycles. The van der Waals surface area contributed by atoms with Crippen molar-refractivity contribution in [3.63, 3.8) is 0 Å². The highest BCUT2D eigenvalue weighted by Crippen LogP contribution is 2.11. The van der Waals surface area contributed by atoms with Crippen LogP contribution in [0.3, 0.4) is 0 Å². The molecule has 0 saturated heterocycles. The average molecular weight is 270 g/mol. The number of halogens is 2. The van der Waals surface area contributed by atoms with Gasteiger partial charge >= 0.3 is 0 Å². The fourth-order valence-corrected chi connectivity index (χ4v) is 1.86. The Kier molecular flexibility index (Phi) is 6.95. The number of rotatable bonds is 8. The van der Waals surface area contributed by atoms with E-state index in [0.29, 0.717) is 30.5 Å². The molecule has 2 nitrogen and oxygen atoms in total. The van der Waals surface area contributed by atoms with Crippen LogP contribution < -0.4 is 10.6 Å². The molecule has 0 saturated carbocycles. The van der Waals surface area contributed by atoms with Crippen molar-refractivity contribution in [1.82, 2.24) is 10.6 Å². The van der Waals surface area contributed by atoms with E-state index in [0.717, 1.165) is 19.2 Å². The third kappa shape index (κ3) is 6.12. The molecule has 0 radical (unpaired) electrons. The maximum absolute atomic E-state index is 13.4. The van der Waals surface area contributed by atoms with Gasteiger partial charge in [-0.15, -0.1) is 0 Å². The van der Waals surface area contributed by atoms with Crippen LogP contribution in [0.25, 0.3) is 0 Å². The van der Waals surface area contributed by atoms with Crippen LogP contribution in [0.15, 0.2) is 18.2 Å². The van der Waals surface area contributed by atoms with E-state index >= 15 is 0 Å². The highest BCUT2D eigenvalue weighted by molar-refractivity contribution is 5.19. The summed E-state index contributed by atoms with van der Waals surface area (Å²) in [6.07, 6.45) is 0.498. The zero-order valence-electron chi connectivity index (χ0n) is 12.0. The number of nitrogens with one attached hydrogen (secondary N) is 2. The zero-order valence-corrected chi connectivity index (χ0v) is 12.0. The lowest BCUT2D eigenvalue weighted by Gasteiger charge is -2.16. The second-order valence-corrected chi connectivity index (χ2v) is 5.37. The quantitative estimate of drug-likeness (QED) is 0.759. The molecule has 0 aromatic heterocycles. The molecular formula is C15H24F2N2. The smallest absolute Gasteiger partial charge is 0.162 e. The van der Waals surface area contributed by atoms with Gasteiger partial charge in [0.1, 0.15) is 0 Å². The first-order valence-corrected chi connectivity index (χ1v) is 6.87. The van der Waals surface area contributed by atoms with E-state index in [-0.39, 0.29) is 0 Å². The standard InChI is InChI=1S/C15H24F2N2/c1-11(2)9-18-10-12(3)19-8-7-13-5-4-6-14(16)15(13)17/h4-6,11-12,18-19H,7-10H2,1-3H3. The van der Waals surface area contributed by atoms with Gasteiger partial charge in [-0.1, -0.05) is 26.0 Å². The van der Waals surface area contributed by atoms with Crippen molar-refractivity contribution in [2.45, 2.75) is 33.2 Å². The molecule has 4 heteroatoms. The fraction of sp³-hybridized carbons (Fsp3) is 0.600. The summed E-state index contributed by atoms with van der Waals surface area (Å²) in [5.41, 5.74) is 0.426. The Morgan fingerprint density at radius 3 is 2.53 bits per heavy atom. The van der Waals surface area contributed by atoms with E-state index < -0.39 is 11.6 Å². The summed E-state index contributed by atoms with van der Waals surface area (Å²) >= 11 is 0. The SMILES string of the molecule is CC(C)CNCC(C)NCCc1cccc(F)c1F. The van der Waals surface area contributed by atoms with E-state index in [9.17, 15) is 8.78 Å². The van der Waals surface area contributed by atoms with Crippen molar-refractivity contribution >= 4 is 0 Å². The summed E-state index contributed by atoms with van der Waals surface area (Å²) in [5.74, 6) is -0.868. The van der Waals surface area contributed by atoms with Gasteiger partial charge in [0.2, 0.25) is 0 Å². The van der Waals surface area contributed by atoms with Crippen molar-refractivity contribution in [1.29, 1.82) is 0 Å². The second-order valence-electron chi connectivity index (χ2n) is 5.37. The van der Waals surface area contributed by atoms with Gasteiger partial charge in [0, 0.05) is 12.6 Å². The van der Waals surface area contributed by atoms with Crippen molar-refractivity contribution in [3.8, 4) is 0 Å². The van der Waals surface area contributed by atoms with Crippen molar-refractivity contribution in [2.24, 2.45) is 5.92 Å². The summed E-state index contributed by atoms with van der Waals surface area (Å²) in [6.45, 7) is 8.92. The Bertz CT molecular complexity index is 380. The Morgan fingerprint density at radius 1 is 1.11 bits per heavy atom. The lowest BCUT2D eigenvalue weighted by molar-refractivity contribution is 0.467. The molecular weight excluding hydrogens is 246 g/mol. The van der Waals surface area contributed by atoms with Gasteiger partial charge < -0.3 is 10.6 Å². The van der Waals surface area contributed by atoms with Crippen LogP contribution in [0.1, 0.15) is 26.3 Å². The molecule has 1 atom stereocenters. The predicted octanol–water partition coefficient (Wildman–Crippen LogP) is 2.73. The third-order valence-corrected chi connectivity index (χ3v) is 2.92. The highest BCUT2D eigenvalue weighted by atomic mass is 19.2. The third-order valence-electron chi connectivity index (χ3n) is 2.92. The van der Waals surface area contributed by atoms with Gasteiger partial charge in [0.05, 0.1) is 0 Å². The monoisotopic (exact) mass is 270 g/mol. The first kappa shape index (κ1) is 16.1. The van der Waals surface area contributed by atoms with E-state index in [4.69, 9.17) is 0 Å². The largest absolute Gasteiger partial charge is 0.315 e. The summed E-state index contributed by atoms with van der Waals surface area (Å²) < 4.78 is 26.4. The van der Waals surface area contributed by atoms with Gasteiger partial charge in [-0.3, -0.25) is 0 Å². The lowest BCUT2D eigenvalue weighted by atomic mass is 10.1. The Hall–Kier alpha value is -1.00. The highest BCUT2D eigenvalue weighted by Gasteiger charge is 2.07. The molecule has 0 bridgehead atoms. The second kappa shape index (κ2) is 8.23. The van der Waals surface area contributed by atoms with Gasteiger partial charge in [0.15, 0.2) is 11.6 Å². The van der Waals surface area contributed by atoms with Crippen molar-refractivity contribution in [2.75, 3.05) is 19.6 Å². The number of benzene rings is 1. The minimum atomic E-state index is -0.774. The van der Waals surface area contributed by atoms with Gasteiger partial charge in [-0.2, -0.15) is 0 Å². The summed E-state index contributed by atoms with van der Waals surface area (Å²) in [5, 5.41) is 6.66. The van der Waals surface area contributed by atoms with Crippen LogP contribution in [-0.4, -0.2) is 25.7 Å². The van der Waals surface area contributed by atoms with Crippen LogP contribution in [0.2, 0.25) is 0 Å². The molecule has 0 spiro atoms. The normalized spacial score (nSPS) is 12.9. The minimum absolute atomic E-state index is 0.315. The molecule has 0 aliphatic carbocycles. The zero-order chi connectivity index (χ0) is 14.3. The summed E-state index contributed by atoms with van der Waals surface area (Å²) in [4.78, 5) is 0. The molecule has 0 aliphatic rings. The Morgan fingerprint density at radius 2 is 1.84 bits per heavy atom. The minimum Gasteiger partial charge on any atom is -0.315 e. The molecule has 0 aliphatic heterocycles. The molecule has 1 unspecified atom stereocenters. The maximum atomic E-state index is 13.4. The first-order chi connectivity index (χ1) is 9.00. The summed E-state index contributed by atoms with van der Waals surface area (Å²) in [6, 6.07) is 4.63. The van der Waals surface area contributed by atoms with Crippen LogP contribution >= 0.6 is 0 Å². The molecule has 1 aromatic carbocycles. The van der Waals surface area contributed by atoms with Crippen LogP contribution in [0, 0.1) is 17.6 Å². The molecule has 2 N–H and O–H groups in total. The number of hydrogen-bond acceptors (Lipinski definition) is 2. The lowest BCUT2D eigenvalue weighted by Crippen LogP contribution is -2.38. The van der Waals surface area contributed by atoms with Gasteiger partial charge in [-0.05, 0) is 44.0 Å². The Balaban J connectivity index is 2.24. The van der Waals surface area contributed by atoms with Gasteiger partial charge in [-0.25, -0.2) is 8.78 Å². The summed E-state index contributed by atoms with van der Waals surface area (Å²) in [7, 11) is 0. The van der Waals surface area contributed by atoms with E-state index in [2.05, 4.69) is 31.4 Å². The van der Waals surface area contributed by atoms with Crippen LogP contribution in [-0.2, 0) is 6.42 Å². The fourth-order valence-electron chi connectivity index (χ4n) is 1.86. The average Bonchev–Trinajstić information content (AvgIpc) is 2.34.